The minimum atomic E-state index is -0.278. The van der Waals surface area contributed by atoms with Crippen LogP contribution >= 0.6 is 27.5 Å². The van der Waals surface area contributed by atoms with Crippen molar-refractivity contribution in [2.75, 3.05) is 0 Å². The second-order valence-corrected chi connectivity index (χ2v) is 13.3. The van der Waals surface area contributed by atoms with E-state index in [1.165, 1.54) is 83.5 Å². The average molecular weight is 564 g/mol. The Hall–Kier alpha value is 0.440. The van der Waals surface area contributed by atoms with Gasteiger partial charge in [0.2, 0.25) is 0 Å². The molecule has 0 aromatic heterocycles. The zero-order chi connectivity index (χ0) is 25.9. The summed E-state index contributed by atoms with van der Waals surface area (Å²) in [4.78, 5) is 13.7. The number of hydrogen-bond donors (Lipinski definition) is 0. The standard InChI is InChI=1S/C31H60BrClO/c1-7-12-16-19-28(20-17-13-8-2)26-30(23-11-5,27(6)34)31(32,24-18-14-9-3)25-22-29(33)21-15-10-4/h28-29H,7-26H2,1-6H3. The highest BCUT2D eigenvalue weighted by molar-refractivity contribution is 9.10. The quantitative estimate of drug-likeness (QED) is 0.0842. The molecule has 0 rings (SSSR count). The van der Waals surface area contributed by atoms with Crippen molar-refractivity contribution >= 4 is 33.3 Å². The molecule has 3 unspecified atom stereocenters. The van der Waals surface area contributed by atoms with Gasteiger partial charge in [-0.1, -0.05) is 140 Å². The minimum Gasteiger partial charge on any atom is -0.299 e. The first-order valence-corrected chi connectivity index (χ1v) is 16.3. The summed E-state index contributed by atoms with van der Waals surface area (Å²) >= 11 is 11.2. The number of halogens is 2. The molecule has 3 atom stereocenters. The summed E-state index contributed by atoms with van der Waals surface area (Å²) in [5, 5.41) is 0.222. The summed E-state index contributed by atoms with van der Waals surface area (Å²) < 4.78 is -0.135. The van der Waals surface area contributed by atoms with Crippen LogP contribution in [-0.4, -0.2) is 15.5 Å². The van der Waals surface area contributed by atoms with Gasteiger partial charge < -0.3 is 0 Å². The second kappa shape index (κ2) is 20.5. The number of ketones is 1. The Kier molecular flexibility index (Phi) is 20.8. The summed E-state index contributed by atoms with van der Waals surface area (Å²) in [6, 6.07) is 0. The lowest BCUT2D eigenvalue weighted by atomic mass is 9.61. The summed E-state index contributed by atoms with van der Waals surface area (Å²) in [6.45, 7) is 13.3. The number of carbonyl (C=O) groups is 1. The Labute approximate surface area is 228 Å². The van der Waals surface area contributed by atoms with Crippen LogP contribution in [0.1, 0.15) is 170 Å². The van der Waals surface area contributed by atoms with Gasteiger partial charge in [0.25, 0.3) is 0 Å². The number of carbonyl (C=O) groups excluding carboxylic acids is 1. The van der Waals surface area contributed by atoms with Gasteiger partial charge in [0.1, 0.15) is 5.78 Å². The van der Waals surface area contributed by atoms with Crippen LogP contribution < -0.4 is 0 Å². The summed E-state index contributed by atoms with van der Waals surface area (Å²) in [7, 11) is 0. The van der Waals surface area contributed by atoms with Gasteiger partial charge >= 0.3 is 0 Å². The molecular formula is C31H60BrClO. The Morgan fingerprint density at radius 1 is 0.676 bits per heavy atom. The van der Waals surface area contributed by atoms with Gasteiger partial charge in [0, 0.05) is 15.1 Å². The first-order valence-electron chi connectivity index (χ1n) is 15.1. The Bertz CT molecular complexity index is 486. The van der Waals surface area contributed by atoms with E-state index in [4.69, 9.17) is 11.6 Å². The van der Waals surface area contributed by atoms with E-state index >= 15 is 0 Å². The predicted octanol–water partition coefficient (Wildman–Crippen LogP) is 11.8. The Balaban J connectivity index is 6.01. The van der Waals surface area contributed by atoms with Crippen molar-refractivity contribution in [2.45, 2.75) is 180 Å². The fourth-order valence-electron chi connectivity index (χ4n) is 5.99. The minimum absolute atomic E-state index is 0.135. The molecular weight excluding hydrogens is 504 g/mol. The number of unbranched alkanes of at least 4 members (excludes halogenated alkanes) is 7. The molecule has 0 N–H and O–H groups in total. The molecule has 0 aromatic rings. The van der Waals surface area contributed by atoms with Gasteiger partial charge in [-0.25, -0.2) is 0 Å². The lowest BCUT2D eigenvalue weighted by molar-refractivity contribution is -0.131. The van der Waals surface area contributed by atoms with Crippen LogP contribution in [0.2, 0.25) is 0 Å². The highest BCUT2D eigenvalue weighted by atomic mass is 79.9. The number of hydrogen-bond acceptors (Lipinski definition) is 1. The van der Waals surface area contributed by atoms with Crippen molar-refractivity contribution in [2.24, 2.45) is 11.3 Å². The van der Waals surface area contributed by atoms with Crippen LogP contribution in [0.3, 0.4) is 0 Å². The summed E-state index contributed by atoms with van der Waals surface area (Å²) in [6.07, 6.45) is 23.7. The van der Waals surface area contributed by atoms with Crippen molar-refractivity contribution < 1.29 is 4.79 Å². The smallest absolute Gasteiger partial charge is 0.137 e. The maximum atomic E-state index is 13.7. The van der Waals surface area contributed by atoms with Crippen LogP contribution in [0.5, 0.6) is 0 Å². The van der Waals surface area contributed by atoms with E-state index in [0.29, 0.717) is 11.7 Å². The SMILES string of the molecule is CCCCCC(CCCCC)CC(CCC)(C(C)=O)C(Br)(CCCCC)CCC(Cl)CCCC. The van der Waals surface area contributed by atoms with E-state index in [1.54, 1.807) is 0 Å². The first kappa shape index (κ1) is 34.4. The van der Waals surface area contributed by atoms with Crippen molar-refractivity contribution in [3.8, 4) is 0 Å². The fraction of sp³-hybridized carbons (Fsp3) is 0.968. The highest BCUT2D eigenvalue weighted by Gasteiger charge is 2.52. The Morgan fingerprint density at radius 3 is 1.68 bits per heavy atom. The van der Waals surface area contributed by atoms with E-state index < -0.39 is 0 Å². The molecule has 0 aliphatic heterocycles. The molecule has 0 heterocycles. The molecule has 0 spiro atoms. The summed E-state index contributed by atoms with van der Waals surface area (Å²) in [5.41, 5.74) is -0.278. The molecule has 0 bridgehead atoms. The third-order valence-electron chi connectivity index (χ3n) is 8.18. The maximum absolute atomic E-state index is 13.7. The van der Waals surface area contributed by atoms with Gasteiger partial charge in [0.05, 0.1) is 0 Å². The predicted molar refractivity (Wildman–Crippen MR) is 159 cm³/mol. The van der Waals surface area contributed by atoms with Gasteiger partial charge in [-0.05, 0) is 51.4 Å². The number of rotatable bonds is 24. The molecule has 3 heteroatoms. The zero-order valence-electron chi connectivity index (χ0n) is 24.0. The molecule has 0 radical (unpaired) electrons. The number of Topliss-reactive ketones (excluding diaryl/α,β-unsaturated/α-hetero) is 1. The molecule has 0 aliphatic carbocycles. The lowest BCUT2D eigenvalue weighted by Gasteiger charge is -2.48. The first-order chi connectivity index (χ1) is 16.3. The summed E-state index contributed by atoms with van der Waals surface area (Å²) in [5.74, 6) is 1.07. The third-order valence-corrected chi connectivity index (χ3v) is 10.2. The fourth-order valence-corrected chi connectivity index (χ4v) is 7.40. The van der Waals surface area contributed by atoms with Crippen LogP contribution in [0.4, 0.5) is 0 Å². The monoisotopic (exact) mass is 562 g/mol. The van der Waals surface area contributed by atoms with Gasteiger partial charge in [-0.15, -0.1) is 11.6 Å². The van der Waals surface area contributed by atoms with Crippen molar-refractivity contribution in [3.63, 3.8) is 0 Å². The molecule has 0 fully saturated rings. The van der Waals surface area contributed by atoms with E-state index in [1.807, 2.05) is 6.92 Å². The van der Waals surface area contributed by atoms with Crippen LogP contribution in [0.25, 0.3) is 0 Å². The lowest BCUT2D eigenvalue weighted by Crippen LogP contribution is -2.50. The van der Waals surface area contributed by atoms with Crippen molar-refractivity contribution in [3.05, 3.63) is 0 Å². The molecule has 0 aromatic carbocycles. The van der Waals surface area contributed by atoms with Crippen LogP contribution in [-0.2, 0) is 4.79 Å². The molecule has 0 aliphatic rings. The van der Waals surface area contributed by atoms with E-state index in [0.717, 1.165) is 44.9 Å². The molecule has 204 valence electrons. The van der Waals surface area contributed by atoms with Crippen LogP contribution in [0.15, 0.2) is 0 Å². The maximum Gasteiger partial charge on any atom is 0.137 e. The molecule has 0 amide bonds. The largest absolute Gasteiger partial charge is 0.299 e. The topological polar surface area (TPSA) is 17.1 Å². The average Bonchev–Trinajstić information content (AvgIpc) is 2.81. The number of alkyl halides is 2. The third kappa shape index (κ3) is 12.6. The molecule has 34 heavy (non-hydrogen) atoms. The normalized spacial score (nSPS) is 16.4. The van der Waals surface area contributed by atoms with Crippen LogP contribution in [0, 0.1) is 11.3 Å². The van der Waals surface area contributed by atoms with Gasteiger partial charge in [-0.3, -0.25) is 4.79 Å². The molecule has 0 saturated carbocycles. The Morgan fingerprint density at radius 2 is 1.21 bits per heavy atom. The van der Waals surface area contributed by atoms with Crippen molar-refractivity contribution in [1.29, 1.82) is 0 Å². The highest BCUT2D eigenvalue weighted by Crippen LogP contribution is 2.54. The van der Waals surface area contributed by atoms with Gasteiger partial charge in [-0.2, -0.15) is 0 Å². The van der Waals surface area contributed by atoms with E-state index in [-0.39, 0.29) is 15.1 Å². The molecule has 0 saturated heterocycles. The van der Waals surface area contributed by atoms with Crippen molar-refractivity contribution in [1.82, 2.24) is 0 Å². The zero-order valence-corrected chi connectivity index (χ0v) is 26.3. The van der Waals surface area contributed by atoms with E-state index in [2.05, 4.69) is 50.5 Å². The van der Waals surface area contributed by atoms with E-state index in [9.17, 15) is 4.79 Å². The molecule has 1 nitrogen and oxygen atoms in total. The second-order valence-electron chi connectivity index (χ2n) is 11.2. The van der Waals surface area contributed by atoms with Gasteiger partial charge in [0.15, 0.2) is 0 Å².